The van der Waals surface area contributed by atoms with Crippen LogP contribution in [0.25, 0.3) is 0 Å². The predicted octanol–water partition coefficient (Wildman–Crippen LogP) is -0.581. The molecule has 0 aliphatic heterocycles. The minimum atomic E-state index is -0.728. The Kier molecular flexibility index (Phi) is 5.83. The molecule has 0 bridgehead atoms. The lowest BCUT2D eigenvalue weighted by molar-refractivity contribution is -0.119. The van der Waals surface area contributed by atoms with E-state index in [-0.39, 0.29) is 12.4 Å². The van der Waals surface area contributed by atoms with Crippen LogP contribution in [-0.4, -0.2) is 40.5 Å². The first kappa shape index (κ1) is 16.9. The first-order valence-corrected chi connectivity index (χ1v) is 7.06. The fourth-order valence-corrected chi connectivity index (χ4v) is 1.70. The number of nitrogens with zero attached hydrogens (tertiary/aromatic N) is 2. The van der Waals surface area contributed by atoms with Crippen LogP contribution < -0.4 is 26.7 Å². The molecule has 0 spiro atoms. The van der Waals surface area contributed by atoms with Gasteiger partial charge in [-0.05, 0) is 24.6 Å². The number of benzene rings is 1. The maximum absolute atomic E-state index is 11.6. The van der Waals surface area contributed by atoms with Gasteiger partial charge in [-0.2, -0.15) is 5.10 Å². The number of hydrogen-bond donors (Lipinski definition) is 4. The number of carbonyl (C=O) groups excluding carboxylic acids is 1. The Labute approximate surface area is 136 Å². The Bertz CT molecular complexity index is 841. The maximum Gasteiger partial charge on any atom is 0.342 e. The molecule has 2 aromatic rings. The van der Waals surface area contributed by atoms with Gasteiger partial charge in [0.25, 0.3) is 11.5 Å². The molecule has 0 aliphatic carbocycles. The van der Waals surface area contributed by atoms with Crippen molar-refractivity contribution in [3.63, 3.8) is 0 Å². The molecule has 0 saturated carbocycles. The largest absolute Gasteiger partial charge is 0.494 e. The summed E-state index contributed by atoms with van der Waals surface area (Å²) in [6, 6.07) is 7.21. The van der Waals surface area contributed by atoms with E-state index in [2.05, 4.69) is 20.9 Å². The first-order chi connectivity index (χ1) is 11.6. The lowest BCUT2D eigenvalue weighted by Crippen LogP contribution is -2.31. The summed E-state index contributed by atoms with van der Waals surface area (Å²) in [5.41, 5.74) is 1.61. The lowest BCUT2D eigenvalue weighted by atomic mass is 10.2. The average Bonchev–Trinajstić information content (AvgIpc) is 2.55. The molecule has 0 fully saturated rings. The van der Waals surface area contributed by atoms with Crippen LogP contribution >= 0.6 is 0 Å². The molecule has 1 aromatic heterocycles. The number of ether oxygens (including phenoxy) is 1. The van der Waals surface area contributed by atoms with Crippen molar-refractivity contribution in [1.82, 2.24) is 20.6 Å². The van der Waals surface area contributed by atoms with Gasteiger partial charge in [0.05, 0.1) is 19.4 Å². The van der Waals surface area contributed by atoms with Gasteiger partial charge in [0, 0.05) is 0 Å². The summed E-state index contributed by atoms with van der Waals surface area (Å²) in [5, 5.41) is 11.8. The van der Waals surface area contributed by atoms with E-state index < -0.39 is 17.2 Å². The SMILES string of the molecule is CCOc1cccc(/C=N/NC(=O)CNc2n[nH]c(=O)[nH]c2=O)c1. The topological polar surface area (TPSA) is 141 Å². The fraction of sp³-hybridized carbons (Fsp3) is 0.214. The highest BCUT2D eigenvalue weighted by molar-refractivity contribution is 5.84. The Morgan fingerprint density at radius 3 is 3.00 bits per heavy atom. The molecule has 1 aromatic carbocycles. The van der Waals surface area contributed by atoms with E-state index in [1.165, 1.54) is 6.21 Å². The summed E-state index contributed by atoms with van der Waals surface area (Å²) < 4.78 is 5.36. The van der Waals surface area contributed by atoms with Crippen LogP contribution in [0.5, 0.6) is 5.75 Å². The summed E-state index contributed by atoms with van der Waals surface area (Å²) in [5.74, 6) is 0.0515. The van der Waals surface area contributed by atoms with Crippen LogP contribution in [0.4, 0.5) is 5.82 Å². The normalized spacial score (nSPS) is 10.5. The zero-order valence-corrected chi connectivity index (χ0v) is 12.8. The molecule has 0 radical (unpaired) electrons. The number of carbonyl (C=O) groups is 1. The van der Waals surface area contributed by atoms with Crippen LogP contribution in [0.1, 0.15) is 12.5 Å². The molecule has 24 heavy (non-hydrogen) atoms. The quantitative estimate of drug-likeness (QED) is 0.395. The second kappa shape index (κ2) is 8.27. The third kappa shape index (κ3) is 5.09. The summed E-state index contributed by atoms with van der Waals surface area (Å²) in [6.07, 6.45) is 1.46. The first-order valence-electron chi connectivity index (χ1n) is 7.06. The minimum absolute atomic E-state index is 0.168. The zero-order chi connectivity index (χ0) is 17.4. The van der Waals surface area contributed by atoms with E-state index in [9.17, 15) is 14.4 Å². The lowest BCUT2D eigenvalue weighted by Gasteiger charge is -2.03. The third-order valence-corrected chi connectivity index (χ3v) is 2.70. The van der Waals surface area contributed by atoms with E-state index in [4.69, 9.17) is 4.74 Å². The van der Waals surface area contributed by atoms with Crippen LogP contribution in [0.3, 0.4) is 0 Å². The Balaban J connectivity index is 1.85. The molecule has 4 N–H and O–H groups in total. The van der Waals surface area contributed by atoms with Crippen LogP contribution in [-0.2, 0) is 4.79 Å². The Morgan fingerprint density at radius 2 is 2.25 bits per heavy atom. The zero-order valence-electron chi connectivity index (χ0n) is 12.8. The molecule has 0 atom stereocenters. The Morgan fingerprint density at radius 1 is 1.42 bits per heavy atom. The number of anilines is 1. The predicted molar refractivity (Wildman–Crippen MR) is 87.3 cm³/mol. The van der Waals surface area contributed by atoms with E-state index >= 15 is 0 Å². The van der Waals surface area contributed by atoms with Crippen molar-refractivity contribution in [2.75, 3.05) is 18.5 Å². The van der Waals surface area contributed by atoms with Crippen LogP contribution in [0.15, 0.2) is 39.0 Å². The summed E-state index contributed by atoms with van der Waals surface area (Å²) in [7, 11) is 0. The van der Waals surface area contributed by atoms with Gasteiger partial charge in [0.15, 0.2) is 0 Å². The van der Waals surface area contributed by atoms with Gasteiger partial charge in [-0.1, -0.05) is 12.1 Å². The molecule has 10 nitrogen and oxygen atoms in total. The molecule has 0 saturated heterocycles. The van der Waals surface area contributed by atoms with Gasteiger partial charge < -0.3 is 10.1 Å². The molecule has 1 amide bonds. The number of aromatic nitrogens is 3. The number of hydrazone groups is 1. The van der Waals surface area contributed by atoms with Crippen molar-refractivity contribution < 1.29 is 9.53 Å². The van der Waals surface area contributed by atoms with Crippen molar-refractivity contribution in [2.45, 2.75) is 6.92 Å². The van der Waals surface area contributed by atoms with Gasteiger partial charge in [-0.25, -0.2) is 15.3 Å². The van der Waals surface area contributed by atoms with Crippen molar-refractivity contribution in [2.24, 2.45) is 5.10 Å². The van der Waals surface area contributed by atoms with Crippen molar-refractivity contribution >= 4 is 17.9 Å². The van der Waals surface area contributed by atoms with Crippen LogP contribution in [0, 0.1) is 0 Å². The number of hydrogen-bond acceptors (Lipinski definition) is 7. The van der Waals surface area contributed by atoms with Gasteiger partial charge in [-0.3, -0.25) is 14.6 Å². The summed E-state index contributed by atoms with van der Waals surface area (Å²) >= 11 is 0. The number of H-pyrrole nitrogens is 2. The molecule has 126 valence electrons. The molecule has 1 heterocycles. The highest BCUT2D eigenvalue weighted by atomic mass is 16.5. The monoisotopic (exact) mass is 332 g/mol. The molecule has 10 heteroatoms. The maximum atomic E-state index is 11.6. The van der Waals surface area contributed by atoms with Gasteiger partial charge in [0.1, 0.15) is 5.75 Å². The second-order valence-electron chi connectivity index (χ2n) is 4.51. The van der Waals surface area contributed by atoms with Crippen molar-refractivity contribution in [1.29, 1.82) is 0 Å². The third-order valence-electron chi connectivity index (χ3n) is 2.70. The summed E-state index contributed by atoms with van der Waals surface area (Å²) in [6.45, 7) is 2.20. The van der Waals surface area contributed by atoms with Gasteiger partial charge in [-0.15, -0.1) is 5.10 Å². The van der Waals surface area contributed by atoms with E-state index in [0.29, 0.717) is 12.4 Å². The smallest absolute Gasteiger partial charge is 0.342 e. The summed E-state index contributed by atoms with van der Waals surface area (Å²) in [4.78, 5) is 35.8. The average molecular weight is 332 g/mol. The fourth-order valence-electron chi connectivity index (χ4n) is 1.70. The Hall–Kier alpha value is -3.43. The van der Waals surface area contributed by atoms with Gasteiger partial charge in [0.2, 0.25) is 5.82 Å². The standard InChI is InChI=1S/C14H16N6O4/c1-2-24-10-5-3-4-9(6-10)7-16-18-11(21)8-15-12-13(22)17-14(23)20-19-12/h3-7H,2,8H2,1H3,(H,15,19)(H,18,21)(H2,17,20,22,23)/b16-7+. The highest BCUT2D eigenvalue weighted by Crippen LogP contribution is 2.11. The second-order valence-corrected chi connectivity index (χ2v) is 4.51. The number of aromatic amines is 2. The minimum Gasteiger partial charge on any atom is -0.494 e. The highest BCUT2D eigenvalue weighted by Gasteiger charge is 2.04. The molecular formula is C14H16N6O4. The van der Waals surface area contributed by atoms with Gasteiger partial charge >= 0.3 is 5.69 Å². The number of amides is 1. The van der Waals surface area contributed by atoms with Crippen molar-refractivity contribution in [3.8, 4) is 5.75 Å². The molecule has 0 unspecified atom stereocenters. The van der Waals surface area contributed by atoms with E-state index in [1.54, 1.807) is 12.1 Å². The molecule has 0 aliphatic rings. The molecule has 2 rings (SSSR count). The van der Waals surface area contributed by atoms with E-state index in [0.717, 1.165) is 5.56 Å². The molecular weight excluding hydrogens is 316 g/mol. The number of rotatable bonds is 7. The van der Waals surface area contributed by atoms with Crippen molar-refractivity contribution in [3.05, 3.63) is 50.7 Å². The number of nitrogens with one attached hydrogen (secondary N) is 4. The van der Waals surface area contributed by atoms with Crippen LogP contribution in [0.2, 0.25) is 0 Å². The van der Waals surface area contributed by atoms with E-state index in [1.807, 2.05) is 29.1 Å².